The lowest BCUT2D eigenvalue weighted by molar-refractivity contribution is -0.167. The molecule has 0 aromatic rings. The Kier molecular flexibility index (Phi) is 61.3. The maximum Gasteiger partial charge on any atom is 0.306 e. The molecule has 0 rings (SSSR count). The normalized spacial score (nSPS) is 12.8. The predicted molar refractivity (Wildman–Crippen MR) is 334 cm³/mol. The van der Waals surface area contributed by atoms with Crippen LogP contribution in [-0.4, -0.2) is 37.2 Å². The van der Waals surface area contributed by atoms with E-state index in [1.807, 2.05) is 0 Å². The summed E-state index contributed by atoms with van der Waals surface area (Å²) >= 11 is 0. The first-order valence-corrected chi connectivity index (χ1v) is 32.4. The molecule has 6 nitrogen and oxygen atoms in total. The third-order valence-electron chi connectivity index (χ3n) is 13.7. The van der Waals surface area contributed by atoms with Gasteiger partial charge in [-0.05, 0) is 116 Å². The number of esters is 3. The minimum absolute atomic E-state index is 0.0829. The van der Waals surface area contributed by atoms with Crippen molar-refractivity contribution < 1.29 is 28.6 Å². The quantitative estimate of drug-likeness (QED) is 0.0261. The van der Waals surface area contributed by atoms with E-state index >= 15 is 0 Å². The molecule has 0 saturated heterocycles. The molecular formula is C71H120O6. The summed E-state index contributed by atoms with van der Waals surface area (Å²) in [6.45, 7) is 6.39. The molecule has 0 heterocycles. The van der Waals surface area contributed by atoms with Crippen molar-refractivity contribution in [2.75, 3.05) is 13.2 Å². The van der Waals surface area contributed by atoms with Gasteiger partial charge in [0, 0.05) is 19.3 Å². The molecule has 0 aromatic carbocycles. The van der Waals surface area contributed by atoms with Crippen molar-refractivity contribution in [1.82, 2.24) is 0 Å². The van der Waals surface area contributed by atoms with Crippen LogP contribution in [0.5, 0.6) is 0 Å². The highest BCUT2D eigenvalue weighted by Crippen LogP contribution is 2.16. The number of rotatable bonds is 58. The van der Waals surface area contributed by atoms with Crippen LogP contribution in [0.15, 0.2) is 109 Å². The van der Waals surface area contributed by atoms with Crippen molar-refractivity contribution in [2.24, 2.45) is 0 Å². The molecule has 0 aliphatic heterocycles. The maximum atomic E-state index is 12.9. The van der Waals surface area contributed by atoms with Crippen LogP contribution in [0.4, 0.5) is 0 Å². The van der Waals surface area contributed by atoms with Crippen LogP contribution >= 0.6 is 0 Å². The fraction of sp³-hybridized carbons (Fsp3) is 0.704. The van der Waals surface area contributed by atoms with E-state index in [0.29, 0.717) is 19.3 Å². The van der Waals surface area contributed by atoms with E-state index in [9.17, 15) is 14.4 Å². The van der Waals surface area contributed by atoms with Gasteiger partial charge in [0.2, 0.25) is 0 Å². The van der Waals surface area contributed by atoms with E-state index < -0.39 is 6.10 Å². The zero-order chi connectivity index (χ0) is 55.7. The van der Waals surface area contributed by atoms with Crippen LogP contribution in [0.25, 0.3) is 0 Å². The summed E-state index contributed by atoms with van der Waals surface area (Å²) in [7, 11) is 0. The number of unbranched alkanes of at least 4 members (excludes halogenated alkanes) is 29. The van der Waals surface area contributed by atoms with Crippen molar-refractivity contribution in [3.8, 4) is 0 Å². The Morgan fingerprint density at radius 3 is 0.805 bits per heavy atom. The van der Waals surface area contributed by atoms with Crippen molar-refractivity contribution in [3.05, 3.63) is 109 Å². The second kappa shape index (κ2) is 64.6. The molecular weight excluding hydrogens is 949 g/mol. The predicted octanol–water partition coefficient (Wildman–Crippen LogP) is 22.2. The zero-order valence-corrected chi connectivity index (χ0v) is 50.4. The third kappa shape index (κ3) is 62.8. The van der Waals surface area contributed by atoms with Gasteiger partial charge in [0.1, 0.15) is 13.2 Å². The highest BCUT2D eigenvalue weighted by molar-refractivity contribution is 5.71. The standard InChI is InChI=1S/C71H120O6/c1-4-7-10-13-16-19-22-24-26-28-30-32-34-35-37-38-40-42-44-46-49-52-55-58-61-64-70(73)76-67-68(66-75-69(72)63-60-57-54-51-48-21-18-15-12-9-6-3)77-71(74)65-62-59-56-53-50-47-45-43-41-39-36-33-31-29-27-25-23-20-17-14-11-8-5-2/h7-8,10-11,15-20,24-27,30-33,68H,4-6,9,12-14,21-23,28-29,34-67H2,1-3H3/b10-7-,11-8-,18-15-,19-16-,20-17-,26-24-,27-25-,32-30-,33-31-. The first-order valence-electron chi connectivity index (χ1n) is 32.4. The lowest BCUT2D eigenvalue weighted by atomic mass is 10.0. The number of ether oxygens (including phenoxy) is 3. The van der Waals surface area contributed by atoms with Gasteiger partial charge in [-0.3, -0.25) is 14.4 Å². The Morgan fingerprint density at radius 1 is 0.273 bits per heavy atom. The van der Waals surface area contributed by atoms with Crippen LogP contribution in [0, 0.1) is 0 Å². The van der Waals surface area contributed by atoms with Crippen LogP contribution in [-0.2, 0) is 28.6 Å². The first-order chi connectivity index (χ1) is 38.0. The van der Waals surface area contributed by atoms with Crippen molar-refractivity contribution in [3.63, 3.8) is 0 Å². The van der Waals surface area contributed by atoms with Crippen LogP contribution in [0.2, 0.25) is 0 Å². The van der Waals surface area contributed by atoms with Gasteiger partial charge in [-0.2, -0.15) is 0 Å². The molecule has 0 N–H and O–H groups in total. The Balaban J connectivity index is 4.28. The number of carbonyl (C=O) groups is 3. The SMILES string of the molecule is CC/C=C\C/C=C\C/C=C\C/C=C\CCCCCCCCCCCCCCC(=O)OCC(COC(=O)CCCCCCC/C=C\CCCC)OC(=O)CCCCCCCCCCCC/C=C\C/C=C\C/C=C\C/C=C\CC. The molecule has 0 bridgehead atoms. The summed E-state index contributed by atoms with van der Waals surface area (Å²) in [6, 6.07) is 0. The Bertz CT molecular complexity index is 1560. The van der Waals surface area contributed by atoms with Gasteiger partial charge in [0.15, 0.2) is 6.10 Å². The Labute approximate surface area is 476 Å². The van der Waals surface area contributed by atoms with Crippen LogP contribution in [0.1, 0.15) is 303 Å². The number of carbonyl (C=O) groups excluding carboxylic acids is 3. The highest BCUT2D eigenvalue weighted by Gasteiger charge is 2.19. The van der Waals surface area contributed by atoms with E-state index in [2.05, 4.69) is 130 Å². The van der Waals surface area contributed by atoms with Gasteiger partial charge in [-0.1, -0.05) is 278 Å². The molecule has 0 aromatic heterocycles. The first kappa shape index (κ1) is 73.1. The average Bonchev–Trinajstić information content (AvgIpc) is 3.43. The van der Waals surface area contributed by atoms with E-state index in [-0.39, 0.29) is 31.1 Å². The largest absolute Gasteiger partial charge is 0.462 e. The maximum absolute atomic E-state index is 12.9. The number of hydrogen-bond donors (Lipinski definition) is 0. The fourth-order valence-corrected chi connectivity index (χ4v) is 8.94. The molecule has 0 radical (unpaired) electrons. The zero-order valence-electron chi connectivity index (χ0n) is 50.4. The molecule has 440 valence electrons. The molecule has 6 heteroatoms. The lowest BCUT2D eigenvalue weighted by Gasteiger charge is -2.18. The summed E-state index contributed by atoms with van der Waals surface area (Å²) in [6.07, 6.45) is 88.1. The van der Waals surface area contributed by atoms with Gasteiger partial charge in [-0.25, -0.2) is 0 Å². The number of hydrogen-bond acceptors (Lipinski definition) is 6. The van der Waals surface area contributed by atoms with Gasteiger partial charge in [-0.15, -0.1) is 0 Å². The monoisotopic (exact) mass is 1070 g/mol. The number of allylic oxidation sites excluding steroid dienone is 18. The van der Waals surface area contributed by atoms with Gasteiger partial charge >= 0.3 is 17.9 Å². The second-order valence-corrected chi connectivity index (χ2v) is 21.3. The average molecular weight is 1070 g/mol. The van der Waals surface area contributed by atoms with E-state index in [0.717, 1.165) is 116 Å². The van der Waals surface area contributed by atoms with Gasteiger partial charge < -0.3 is 14.2 Å². The summed E-state index contributed by atoms with van der Waals surface area (Å²) in [5.41, 5.74) is 0. The second-order valence-electron chi connectivity index (χ2n) is 21.3. The van der Waals surface area contributed by atoms with E-state index in [4.69, 9.17) is 14.2 Å². The molecule has 0 aliphatic rings. The van der Waals surface area contributed by atoms with Crippen LogP contribution < -0.4 is 0 Å². The van der Waals surface area contributed by atoms with Crippen LogP contribution in [0.3, 0.4) is 0 Å². The minimum atomic E-state index is -0.786. The smallest absolute Gasteiger partial charge is 0.306 e. The lowest BCUT2D eigenvalue weighted by Crippen LogP contribution is -2.30. The van der Waals surface area contributed by atoms with Gasteiger partial charge in [0.05, 0.1) is 0 Å². The molecule has 0 saturated carbocycles. The highest BCUT2D eigenvalue weighted by atomic mass is 16.6. The Hall–Kier alpha value is -3.93. The van der Waals surface area contributed by atoms with Crippen molar-refractivity contribution >= 4 is 17.9 Å². The molecule has 0 amide bonds. The summed E-state index contributed by atoms with van der Waals surface area (Å²) in [5.74, 6) is -0.891. The van der Waals surface area contributed by atoms with Crippen molar-refractivity contribution in [2.45, 2.75) is 309 Å². The van der Waals surface area contributed by atoms with Crippen molar-refractivity contribution in [1.29, 1.82) is 0 Å². The topological polar surface area (TPSA) is 78.9 Å². The molecule has 0 spiro atoms. The van der Waals surface area contributed by atoms with E-state index in [1.165, 1.54) is 148 Å². The molecule has 0 fully saturated rings. The molecule has 77 heavy (non-hydrogen) atoms. The fourth-order valence-electron chi connectivity index (χ4n) is 8.94. The summed E-state index contributed by atoms with van der Waals surface area (Å²) in [4.78, 5) is 38.3. The summed E-state index contributed by atoms with van der Waals surface area (Å²) < 4.78 is 16.9. The molecule has 0 aliphatic carbocycles. The van der Waals surface area contributed by atoms with E-state index in [1.54, 1.807) is 0 Å². The molecule has 1 unspecified atom stereocenters. The van der Waals surface area contributed by atoms with Gasteiger partial charge in [0.25, 0.3) is 0 Å². The third-order valence-corrected chi connectivity index (χ3v) is 13.7. The summed E-state index contributed by atoms with van der Waals surface area (Å²) in [5, 5.41) is 0. The Morgan fingerprint density at radius 2 is 0.506 bits per heavy atom. The minimum Gasteiger partial charge on any atom is -0.462 e. The molecule has 1 atom stereocenters.